The van der Waals surface area contributed by atoms with E-state index < -0.39 is 0 Å². The van der Waals surface area contributed by atoms with Gasteiger partial charge in [-0.3, -0.25) is 4.90 Å². The number of piperazine rings is 1. The molecule has 3 heteroatoms. The molecule has 0 amide bonds. The minimum atomic E-state index is 0. The fraction of sp³-hybridized carbons (Fsp3) is 1.00. The van der Waals surface area contributed by atoms with Crippen LogP contribution >= 0.6 is 0 Å². The molecule has 1 aliphatic rings. The third-order valence-corrected chi connectivity index (χ3v) is 1.65. The Morgan fingerprint density at radius 3 is 2.18 bits per heavy atom. The number of nitrogens with one attached hydrogen (secondary N) is 1. The van der Waals surface area contributed by atoms with E-state index in [1.54, 1.807) is 0 Å². The lowest BCUT2D eigenvalue weighted by Gasteiger charge is -2.26. The minimum absolute atomic E-state index is 0. The molecule has 0 aromatic heterocycles. The second-order valence-corrected chi connectivity index (χ2v) is 2.38. The van der Waals surface area contributed by atoms with Crippen LogP contribution in [0.1, 0.15) is 14.9 Å². The van der Waals surface area contributed by atoms with Crippen molar-refractivity contribution in [1.29, 1.82) is 0 Å². The summed E-state index contributed by atoms with van der Waals surface area (Å²) < 4.78 is 0. The lowest BCUT2D eigenvalue weighted by molar-refractivity contribution is 0.247. The lowest BCUT2D eigenvalue weighted by atomic mass is 10.3. The van der Waals surface area contributed by atoms with E-state index in [9.17, 15) is 0 Å². The summed E-state index contributed by atoms with van der Waals surface area (Å²) in [4.78, 5) is 2.39. The van der Waals surface area contributed by atoms with Gasteiger partial charge in [-0.2, -0.15) is 0 Å². The Hall–Kier alpha value is -0.120. The molecule has 0 unspecified atom stereocenters. The predicted octanol–water partition coefficient (Wildman–Crippen LogP) is 0.123. The predicted molar refractivity (Wildman–Crippen MR) is 51.8 cm³/mol. The smallest absolute Gasteiger partial charge is 0.0108 e. The lowest BCUT2D eigenvalue weighted by Crippen LogP contribution is -2.45. The summed E-state index contributed by atoms with van der Waals surface area (Å²) in [7, 11) is 0. The quantitative estimate of drug-likeness (QED) is 0.604. The topological polar surface area (TPSA) is 41.3 Å². The van der Waals surface area contributed by atoms with E-state index in [0.29, 0.717) is 0 Å². The van der Waals surface area contributed by atoms with Crippen molar-refractivity contribution in [2.75, 3.05) is 39.3 Å². The molecule has 11 heavy (non-hydrogen) atoms. The maximum Gasteiger partial charge on any atom is 0.0108 e. The first-order valence-electron chi connectivity index (χ1n) is 3.56. The molecule has 3 nitrogen and oxygen atoms in total. The van der Waals surface area contributed by atoms with Crippen molar-refractivity contribution < 1.29 is 0 Å². The van der Waals surface area contributed by atoms with E-state index in [1.807, 2.05) is 0 Å². The molecule has 1 rings (SSSR count). The zero-order chi connectivity index (χ0) is 6.53. The van der Waals surface area contributed by atoms with Crippen LogP contribution in [-0.2, 0) is 0 Å². The largest absolute Gasteiger partial charge is 0.329 e. The van der Waals surface area contributed by atoms with Gasteiger partial charge in [0.25, 0.3) is 0 Å². The van der Waals surface area contributed by atoms with Gasteiger partial charge in [0.2, 0.25) is 0 Å². The van der Waals surface area contributed by atoms with Gasteiger partial charge in [0.1, 0.15) is 0 Å². The van der Waals surface area contributed by atoms with Crippen LogP contribution in [0.2, 0.25) is 0 Å². The van der Waals surface area contributed by atoms with Gasteiger partial charge in [0.15, 0.2) is 0 Å². The highest BCUT2D eigenvalue weighted by Crippen LogP contribution is 1.88. The average molecular weight is 161 g/mol. The first-order valence-corrected chi connectivity index (χ1v) is 3.56. The Kier molecular flexibility index (Phi) is 9.77. The molecule has 0 aliphatic carbocycles. The second kappa shape index (κ2) is 7.98. The first-order chi connectivity index (χ1) is 4.43. The van der Waals surface area contributed by atoms with Crippen LogP contribution in [0.4, 0.5) is 0 Å². The standard InChI is InChI=1S/C6H15N3.2CH4/c7-1-4-9-5-2-8-3-6-9;;/h8H,1-7H2;2*1H4. The third-order valence-electron chi connectivity index (χ3n) is 1.65. The maximum absolute atomic E-state index is 5.40. The first kappa shape index (κ1) is 13.5. The summed E-state index contributed by atoms with van der Waals surface area (Å²) in [5.74, 6) is 0. The van der Waals surface area contributed by atoms with Gasteiger partial charge in [0.05, 0.1) is 0 Å². The van der Waals surface area contributed by atoms with E-state index in [-0.39, 0.29) is 14.9 Å². The summed E-state index contributed by atoms with van der Waals surface area (Å²) in [6, 6.07) is 0. The number of nitrogens with zero attached hydrogens (tertiary/aromatic N) is 1. The van der Waals surface area contributed by atoms with Crippen molar-refractivity contribution in [3.63, 3.8) is 0 Å². The number of nitrogens with two attached hydrogens (primary N) is 1. The van der Waals surface area contributed by atoms with Crippen LogP contribution in [0, 0.1) is 0 Å². The molecule has 0 radical (unpaired) electrons. The normalized spacial score (nSPS) is 18.3. The van der Waals surface area contributed by atoms with Gasteiger partial charge in [-0.1, -0.05) is 14.9 Å². The molecule has 3 N–H and O–H groups in total. The summed E-state index contributed by atoms with van der Waals surface area (Å²) in [5, 5.41) is 3.29. The number of rotatable bonds is 2. The fourth-order valence-electron chi connectivity index (χ4n) is 1.12. The summed E-state index contributed by atoms with van der Waals surface area (Å²) in [5.41, 5.74) is 5.40. The van der Waals surface area contributed by atoms with Gasteiger partial charge in [0, 0.05) is 39.3 Å². The van der Waals surface area contributed by atoms with E-state index in [1.165, 1.54) is 0 Å². The maximum atomic E-state index is 5.40. The van der Waals surface area contributed by atoms with Crippen LogP contribution in [0.5, 0.6) is 0 Å². The number of hydrogen-bond donors (Lipinski definition) is 2. The molecule has 1 heterocycles. The molecule has 0 aromatic carbocycles. The SMILES string of the molecule is C.C.NCCN1CCNCC1. The summed E-state index contributed by atoms with van der Waals surface area (Å²) in [6.07, 6.45) is 0. The van der Waals surface area contributed by atoms with Crippen molar-refractivity contribution in [3.05, 3.63) is 0 Å². The van der Waals surface area contributed by atoms with Crippen LogP contribution in [0.15, 0.2) is 0 Å². The third kappa shape index (κ3) is 5.18. The van der Waals surface area contributed by atoms with Crippen molar-refractivity contribution in [1.82, 2.24) is 10.2 Å². The summed E-state index contributed by atoms with van der Waals surface area (Å²) >= 11 is 0. The molecule has 1 fully saturated rings. The van der Waals surface area contributed by atoms with E-state index in [2.05, 4.69) is 10.2 Å². The van der Waals surface area contributed by atoms with Crippen molar-refractivity contribution in [2.24, 2.45) is 5.73 Å². The highest BCUT2D eigenvalue weighted by Gasteiger charge is 2.06. The van der Waals surface area contributed by atoms with Gasteiger partial charge in [-0.25, -0.2) is 0 Å². The molecule has 0 bridgehead atoms. The zero-order valence-electron chi connectivity index (χ0n) is 5.77. The Labute approximate surface area is 70.9 Å². The van der Waals surface area contributed by atoms with E-state index in [0.717, 1.165) is 39.3 Å². The van der Waals surface area contributed by atoms with E-state index in [4.69, 9.17) is 5.73 Å². The molecular weight excluding hydrogens is 138 g/mol. The van der Waals surface area contributed by atoms with Crippen molar-refractivity contribution in [2.45, 2.75) is 14.9 Å². The molecule has 0 saturated carbocycles. The molecule has 0 aromatic rings. The molecule has 0 spiro atoms. The Balaban J connectivity index is 0. The average Bonchev–Trinajstić information content (AvgIpc) is 1.91. The van der Waals surface area contributed by atoms with Gasteiger partial charge in [-0.05, 0) is 0 Å². The van der Waals surface area contributed by atoms with Gasteiger partial charge < -0.3 is 11.1 Å². The Bertz CT molecular complexity index is 67.0. The number of hydrogen-bond acceptors (Lipinski definition) is 3. The Morgan fingerprint density at radius 1 is 1.18 bits per heavy atom. The zero-order valence-corrected chi connectivity index (χ0v) is 5.77. The molecule has 70 valence electrons. The van der Waals surface area contributed by atoms with E-state index >= 15 is 0 Å². The van der Waals surface area contributed by atoms with Gasteiger partial charge in [-0.15, -0.1) is 0 Å². The van der Waals surface area contributed by atoms with Crippen molar-refractivity contribution >= 4 is 0 Å². The van der Waals surface area contributed by atoms with Crippen LogP contribution < -0.4 is 11.1 Å². The minimum Gasteiger partial charge on any atom is -0.329 e. The van der Waals surface area contributed by atoms with Crippen molar-refractivity contribution in [3.8, 4) is 0 Å². The molecule has 1 saturated heterocycles. The fourth-order valence-corrected chi connectivity index (χ4v) is 1.12. The van der Waals surface area contributed by atoms with Crippen LogP contribution in [0.25, 0.3) is 0 Å². The van der Waals surface area contributed by atoms with Crippen LogP contribution in [0.3, 0.4) is 0 Å². The highest BCUT2D eigenvalue weighted by molar-refractivity contribution is 4.66. The van der Waals surface area contributed by atoms with Crippen LogP contribution in [-0.4, -0.2) is 44.2 Å². The Morgan fingerprint density at radius 2 is 1.73 bits per heavy atom. The monoisotopic (exact) mass is 161 g/mol. The van der Waals surface area contributed by atoms with Gasteiger partial charge >= 0.3 is 0 Å². The molecular formula is C8H23N3. The molecule has 1 aliphatic heterocycles. The second-order valence-electron chi connectivity index (χ2n) is 2.38. The summed E-state index contributed by atoms with van der Waals surface area (Å²) in [6.45, 7) is 6.43. The molecule has 0 atom stereocenters. The highest BCUT2D eigenvalue weighted by atomic mass is 15.2.